The summed E-state index contributed by atoms with van der Waals surface area (Å²) in [4.78, 5) is 0. The maximum absolute atomic E-state index is 8.99. The zero-order chi connectivity index (χ0) is 10.4. The van der Waals surface area contributed by atoms with Crippen LogP contribution < -0.4 is 0 Å². The van der Waals surface area contributed by atoms with Crippen molar-refractivity contribution in [3.05, 3.63) is 15.5 Å². The molecule has 0 atom stereocenters. The number of aliphatic hydroxyl groups is 1. The third-order valence-electron chi connectivity index (χ3n) is 3.52. The largest absolute Gasteiger partial charge is 0.396 e. The van der Waals surface area contributed by atoms with Gasteiger partial charge in [-0.25, -0.2) is 0 Å². The molecule has 3 rings (SSSR count). The molecule has 1 heterocycles. The van der Waals surface area contributed by atoms with E-state index in [0.29, 0.717) is 18.6 Å². The highest BCUT2D eigenvalue weighted by atomic mass is 127. The third kappa shape index (κ3) is 1.82. The van der Waals surface area contributed by atoms with Gasteiger partial charge in [0, 0.05) is 12.5 Å². The summed E-state index contributed by atoms with van der Waals surface area (Å²) < 4.78 is 3.43. The highest BCUT2D eigenvalue weighted by Gasteiger charge is 2.33. The Morgan fingerprint density at radius 3 is 2.80 bits per heavy atom. The van der Waals surface area contributed by atoms with Crippen molar-refractivity contribution in [1.82, 2.24) is 9.78 Å². The molecule has 0 unspecified atom stereocenters. The lowest BCUT2D eigenvalue weighted by Crippen LogP contribution is -2.30. The van der Waals surface area contributed by atoms with Crippen LogP contribution in [-0.2, 0) is 0 Å². The molecule has 0 amide bonds. The molecule has 15 heavy (non-hydrogen) atoms. The van der Waals surface area contributed by atoms with Crippen LogP contribution in [0.4, 0.5) is 0 Å². The van der Waals surface area contributed by atoms with Gasteiger partial charge in [-0.15, -0.1) is 0 Å². The summed E-state index contributed by atoms with van der Waals surface area (Å²) in [6.45, 7) is 0.337. The second-order valence-corrected chi connectivity index (χ2v) is 5.89. The average molecular weight is 318 g/mol. The van der Waals surface area contributed by atoms with Crippen molar-refractivity contribution in [3.8, 4) is 0 Å². The molecule has 0 aromatic carbocycles. The van der Waals surface area contributed by atoms with Crippen LogP contribution in [0.1, 0.15) is 43.3 Å². The van der Waals surface area contributed by atoms with Gasteiger partial charge in [0.05, 0.1) is 15.4 Å². The van der Waals surface area contributed by atoms with Crippen LogP contribution in [0.15, 0.2) is 6.07 Å². The van der Waals surface area contributed by atoms with Gasteiger partial charge in [0.15, 0.2) is 0 Å². The van der Waals surface area contributed by atoms with Gasteiger partial charge in [0.25, 0.3) is 0 Å². The van der Waals surface area contributed by atoms with E-state index in [-0.39, 0.29) is 0 Å². The van der Waals surface area contributed by atoms with Crippen molar-refractivity contribution in [2.45, 2.75) is 37.6 Å². The lowest BCUT2D eigenvalue weighted by molar-refractivity contribution is 0.104. The summed E-state index contributed by atoms with van der Waals surface area (Å²) in [7, 11) is 0. The standard InChI is InChI=1S/C11H15IN2O/c12-11-5-10(8-1-2-8)13-14(11)9-3-7(4-9)6-15/h5,7-9,15H,1-4,6H2. The summed E-state index contributed by atoms with van der Waals surface area (Å²) in [6, 6.07) is 2.77. The van der Waals surface area contributed by atoms with E-state index >= 15 is 0 Å². The first-order valence-corrected chi connectivity index (χ1v) is 6.71. The molecule has 0 aliphatic heterocycles. The Hall–Kier alpha value is -0.100. The minimum absolute atomic E-state index is 0.337. The van der Waals surface area contributed by atoms with Crippen molar-refractivity contribution in [1.29, 1.82) is 0 Å². The lowest BCUT2D eigenvalue weighted by atomic mass is 9.81. The third-order valence-corrected chi connectivity index (χ3v) is 4.33. The molecule has 1 aromatic heterocycles. The van der Waals surface area contributed by atoms with Gasteiger partial charge in [-0.3, -0.25) is 4.68 Å². The van der Waals surface area contributed by atoms with E-state index in [2.05, 4.69) is 33.3 Å². The monoisotopic (exact) mass is 318 g/mol. The van der Waals surface area contributed by atoms with E-state index in [1.165, 1.54) is 22.2 Å². The van der Waals surface area contributed by atoms with Gasteiger partial charge >= 0.3 is 0 Å². The number of hydrogen-bond acceptors (Lipinski definition) is 2. The van der Waals surface area contributed by atoms with Crippen molar-refractivity contribution in [2.24, 2.45) is 5.92 Å². The fourth-order valence-electron chi connectivity index (χ4n) is 2.27. The number of aliphatic hydroxyl groups excluding tert-OH is 1. The number of halogens is 1. The Morgan fingerprint density at radius 1 is 1.47 bits per heavy atom. The maximum atomic E-state index is 8.99. The van der Waals surface area contributed by atoms with Crippen LogP contribution in [0.5, 0.6) is 0 Å². The van der Waals surface area contributed by atoms with Crippen LogP contribution in [0.25, 0.3) is 0 Å². The zero-order valence-electron chi connectivity index (χ0n) is 8.56. The Balaban J connectivity index is 1.74. The van der Waals surface area contributed by atoms with Crippen LogP contribution in [0.2, 0.25) is 0 Å². The quantitative estimate of drug-likeness (QED) is 0.869. The van der Waals surface area contributed by atoms with Crippen LogP contribution in [0, 0.1) is 9.62 Å². The molecule has 1 N–H and O–H groups in total. The van der Waals surface area contributed by atoms with Crippen molar-refractivity contribution in [3.63, 3.8) is 0 Å². The molecule has 0 radical (unpaired) electrons. The molecule has 4 heteroatoms. The highest BCUT2D eigenvalue weighted by molar-refractivity contribution is 14.1. The second kappa shape index (κ2) is 3.73. The Labute approximate surface area is 103 Å². The van der Waals surface area contributed by atoms with Gasteiger partial charge < -0.3 is 5.11 Å². The summed E-state index contributed by atoms with van der Waals surface area (Å²) in [5.41, 5.74) is 1.28. The SMILES string of the molecule is OCC1CC(n2nc(C3CC3)cc2I)C1. The van der Waals surface area contributed by atoms with E-state index in [0.717, 1.165) is 18.8 Å². The van der Waals surface area contributed by atoms with Crippen molar-refractivity contribution < 1.29 is 5.11 Å². The molecule has 2 saturated carbocycles. The maximum Gasteiger partial charge on any atom is 0.0995 e. The summed E-state index contributed by atoms with van der Waals surface area (Å²) >= 11 is 2.37. The number of hydrogen-bond donors (Lipinski definition) is 1. The molecule has 2 fully saturated rings. The predicted molar refractivity (Wildman–Crippen MR) is 65.8 cm³/mol. The Morgan fingerprint density at radius 2 is 2.20 bits per heavy atom. The Kier molecular flexibility index (Phi) is 2.51. The van der Waals surface area contributed by atoms with E-state index in [1.807, 2.05) is 0 Å². The van der Waals surface area contributed by atoms with Crippen LogP contribution in [-0.4, -0.2) is 21.5 Å². The molecule has 0 spiro atoms. The molecule has 1 aromatic rings. The van der Waals surface area contributed by atoms with Gasteiger partial charge in [-0.05, 0) is 60.3 Å². The Bertz CT molecular complexity index is 367. The average Bonchev–Trinajstić information content (AvgIpc) is 2.91. The van der Waals surface area contributed by atoms with Crippen molar-refractivity contribution in [2.75, 3.05) is 6.61 Å². The minimum atomic E-state index is 0.337. The number of aromatic nitrogens is 2. The summed E-state index contributed by atoms with van der Waals surface area (Å²) in [5.74, 6) is 1.26. The molecular formula is C11H15IN2O. The molecule has 3 nitrogen and oxygen atoms in total. The summed E-state index contributed by atoms with van der Waals surface area (Å²) in [5, 5.41) is 13.7. The number of nitrogens with zero attached hydrogens (tertiary/aromatic N) is 2. The second-order valence-electron chi connectivity index (χ2n) is 4.78. The van der Waals surface area contributed by atoms with Gasteiger partial charge in [0.2, 0.25) is 0 Å². The van der Waals surface area contributed by atoms with E-state index in [1.54, 1.807) is 0 Å². The molecule has 2 aliphatic rings. The normalized spacial score (nSPS) is 30.3. The van der Waals surface area contributed by atoms with Crippen LogP contribution in [0.3, 0.4) is 0 Å². The lowest BCUT2D eigenvalue weighted by Gasteiger charge is -2.34. The van der Waals surface area contributed by atoms with E-state index in [4.69, 9.17) is 10.2 Å². The molecule has 2 aliphatic carbocycles. The number of rotatable bonds is 3. The fraction of sp³-hybridized carbons (Fsp3) is 0.727. The highest BCUT2D eigenvalue weighted by Crippen LogP contribution is 2.42. The zero-order valence-corrected chi connectivity index (χ0v) is 10.7. The topological polar surface area (TPSA) is 38.0 Å². The summed E-state index contributed by atoms with van der Waals surface area (Å²) in [6.07, 6.45) is 4.82. The van der Waals surface area contributed by atoms with Crippen molar-refractivity contribution >= 4 is 22.6 Å². The molecule has 82 valence electrons. The first-order chi connectivity index (χ1) is 7.28. The first-order valence-electron chi connectivity index (χ1n) is 5.63. The van der Waals surface area contributed by atoms with Crippen LogP contribution >= 0.6 is 22.6 Å². The molecule has 0 saturated heterocycles. The van der Waals surface area contributed by atoms with Gasteiger partial charge in [0.1, 0.15) is 0 Å². The fourth-order valence-corrected chi connectivity index (χ4v) is 3.09. The predicted octanol–water partition coefficient (Wildman–Crippen LogP) is 2.31. The smallest absolute Gasteiger partial charge is 0.0995 e. The molecule has 0 bridgehead atoms. The first kappa shape index (κ1) is 10.1. The molecular weight excluding hydrogens is 303 g/mol. The van der Waals surface area contributed by atoms with E-state index in [9.17, 15) is 0 Å². The van der Waals surface area contributed by atoms with Gasteiger partial charge in [-0.2, -0.15) is 5.10 Å². The van der Waals surface area contributed by atoms with E-state index < -0.39 is 0 Å². The van der Waals surface area contributed by atoms with Gasteiger partial charge in [-0.1, -0.05) is 0 Å². The minimum Gasteiger partial charge on any atom is -0.396 e.